The van der Waals surface area contributed by atoms with Crippen molar-refractivity contribution in [2.75, 3.05) is 19.6 Å². The van der Waals surface area contributed by atoms with E-state index in [1.165, 1.54) is 22.5 Å². The number of thiazole rings is 1. The molecule has 1 aliphatic rings. The highest BCUT2D eigenvalue weighted by Crippen LogP contribution is 2.31. The molecule has 3 aromatic rings. The molecule has 0 radical (unpaired) electrons. The molecule has 1 N–H and O–H groups in total. The van der Waals surface area contributed by atoms with Crippen molar-refractivity contribution in [1.82, 2.24) is 15.2 Å². The van der Waals surface area contributed by atoms with Gasteiger partial charge in [0.2, 0.25) is 0 Å². The quantitative estimate of drug-likeness (QED) is 0.730. The number of hydrogen-bond donors (Lipinski definition) is 1. The Morgan fingerprint density at radius 1 is 1.35 bits per heavy atom. The van der Waals surface area contributed by atoms with Crippen molar-refractivity contribution in [3.05, 3.63) is 68.8 Å². The fourth-order valence-electron chi connectivity index (χ4n) is 3.02. The lowest BCUT2D eigenvalue weighted by molar-refractivity contribution is 0.0947. The molecule has 7 heteroatoms. The van der Waals surface area contributed by atoms with Gasteiger partial charge >= 0.3 is 0 Å². The number of nitrogens with zero attached hydrogens (tertiary/aromatic N) is 2. The van der Waals surface area contributed by atoms with Crippen molar-refractivity contribution in [1.29, 1.82) is 0 Å². The number of rotatable bonds is 5. The lowest BCUT2D eigenvalue weighted by atomic mass is 10.2. The third-order valence-corrected chi connectivity index (χ3v) is 5.82. The first-order chi connectivity index (χ1) is 12.8. The minimum atomic E-state index is -0.0617. The first kappa shape index (κ1) is 17.2. The van der Waals surface area contributed by atoms with Crippen molar-refractivity contribution in [2.24, 2.45) is 0 Å². The zero-order chi connectivity index (χ0) is 17.8. The molecule has 3 heterocycles. The summed E-state index contributed by atoms with van der Waals surface area (Å²) in [6.07, 6.45) is 1.60. The van der Waals surface area contributed by atoms with Crippen LogP contribution in [0.1, 0.15) is 26.9 Å². The maximum atomic E-state index is 12.1. The maximum Gasteiger partial charge on any atom is 0.263 e. The number of thiophene rings is 1. The van der Waals surface area contributed by atoms with E-state index in [4.69, 9.17) is 4.74 Å². The summed E-state index contributed by atoms with van der Waals surface area (Å²) in [7, 11) is 0. The molecule has 0 bridgehead atoms. The van der Waals surface area contributed by atoms with E-state index in [-0.39, 0.29) is 12.0 Å². The topological polar surface area (TPSA) is 54.5 Å². The number of carbonyl (C=O) groups excluding carboxylic acids is 1. The van der Waals surface area contributed by atoms with Crippen molar-refractivity contribution in [2.45, 2.75) is 12.6 Å². The van der Waals surface area contributed by atoms with Crippen LogP contribution in [0.4, 0.5) is 0 Å². The van der Waals surface area contributed by atoms with Crippen LogP contribution in [0.25, 0.3) is 0 Å². The smallest absolute Gasteiger partial charge is 0.263 e. The minimum Gasteiger partial charge on any atom is -0.484 e. The number of amides is 1. The molecule has 0 fully saturated rings. The van der Waals surface area contributed by atoms with E-state index in [0.29, 0.717) is 11.4 Å². The van der Waals surface area contributed by atoms with E-state index in [1.807, 2.05) is 18.2 Å². The third kappa shape index (κ3) is 3.95. The average molecular weight is 386 g/mol. The van der Waals surface area contributed by atoms with Gasteiger partial charge in [-0.05, 0) is 22.9 Å². The van der Waals surface area contributed by atoms with Gasteiger partial charge in [0.05, 0.1) is 11.7 Å². The Labute approximate surface area is 160 Å². The predicted molar refractivity (Wildman–Crippen MR) is 104 cm³/mol. The van der Waals surface area contributed by atoms with E-state index >= 15 is 0 Å². The zero-order valence-corrected chi connectivity index (χ0v) is 15.8. The van der Waals surface area contributed by atoms with Crippen LogP contribution in [0.3, 0.4) is 0 Å². The van der Waals surface area contributed by atoms with Gasteiger partial charge in [-0.3, -0.25) is 14.7 Å². The number of ether oxygens (including phenoxy) is 1. The number of nitrogens with one attached hydrogen (secondary N) is 1. The summed E-state index contributed by atoms with van der Waals surface area (Å²) in [5.41, 5.74) is 4.05. The Bertz CT molecular complexity index is 850. The highest BCUT2D eigenvalue weighted by atomic mass is 32.1. The monoisotopic (exact) mass is 385 g/mol. The van der Waals surface area contributed by atoms with E-state index in [1.54, 1.807) is 23.0 Å². The molecule has 0 saturated heterocycles. The molecule has 0 spiro atoms. The van der Waals surface area contributed by atoms with Crippen LogP contribution in [0.5, 0.6) is 5.75 Å². The van der Waals surface area contributed by atoms with Crippen LogP contribution in [0, 0.1) is 0 Å². The molecule has 4 rings (SSSR count). The van der Waals surface area contributed by atoms with Crippen LogP contribution in [-0.4, -0.2) is 35.4 Å². The molecule has 1 aliphatic heterocycles. The van der Waals surface area contributed by atoms with Crippen molar-refractivity contribution >= 4 is 28.6 Å². The number of aromatic nitrogens is 1. The number of benzene rings is 1. The van der Waals surface area contributed by atoms with Crippen molar-refractivity contribution in [3.63, 3.8) is 0 Å². The lowest BCUT2D eigenvalue weighted by Crippen LogP contribution is -2.36. The molecular weight excluding hydrogens is 366 g/mol. The molecule has 1 aromatic carbocycles. The van der Waals surface area contributed by atoms with Crippen molar-refractivity contribution < 1.29 is 9.53 Å². The van der Waals surface area contributed by atoms with Gasteiger partial charge in [-0.15, -0.1) is 11.3 Å². The summed E-state index contributed by atoms with van der Waals surface area (Å²) in [6, 6.07) is 10.3. The summed E-state index contributed by atoms with van der Waals surface area (Å²) in [5.74, 6) is 0.883. The van der Waals surface area contributed by atoms with Crippen LogP contribution in [0.15, 0.2) is 52.8 Å². The molecule has 0 aliphatic carbocycles. The first-order valence-electron chi connectivity index (χ1n) is 8.45. The fraction of sp³-hybridized carbons (Fsp3) is 0.263. The normalized spacial score (nSPS) is 17.2. The van der Waals surface area contributed by atoms with Gasteiger partial charge < -0.3 is 10.1 Å². The second-order valence-corrected chi connectivity index (χ2v) is 7.79. The summed E-state index contributed by atoms with van der Waals surface area (Å²) in [4.78, 5) is 19.0. The molecule has 1 atom stereocenters. The highest BCUT2D eigenvalue weighted by molar-refractivity contribution is 7.11. The highest BCUT2D eigenvalue weighted by Gasteiger charge is 2.24. The molecule has 0 saturated carbocycles. The number of carbonyl (C=O) groups is 1. The molecule has 26 heavy (non-hydrogen) atoms. The first-order valence-corrected chi connectivity index (χ1v) is 10.3. The second kappa shape index (κ2) is 7.99. The molecule has 134 valence electrons. The van der Waals surface area contributed by atoms with Gasteiger partial charge in [0, 0.05) is 37.3 Å². The van der Waals surface area contributed by atoms with Crippen LogP contribution in [0.2, 0.25) is 0 Å². The van der Waals surface area contributed by atoms with Gasteiger partial charge in [0.1, 0.15) is 16.7 Å². The third-order valence-electron chi connectivity index (χ3n) is 4.34. The lowest BCUT2D eigenvalue weighted by Gasteiger charge is -2.23. The Balaban J connectivity index is 1.44. The van der Waals surface area contributed by atoms with Gasteiger partial charge in [0.25, 0.3) is 5.91 Å². The minimum absolute atomic E-state index is 0.00194. The van der Waals surface area contributed by atoms with Gasteiger partial charge in [0.15, 0.2) is 0 Å². The van der Waals surface area contributed by atoms with Crippen LogP contribution in [-0.2, 0) is 6.54 Å². The summed E-state index contributed by atoms with van der Waals surface area (Å²) in [5, 5.41) is 7.20. The Kier molecular flexibility index (Phi) is 5.29. The van der Waals surface area contributed by atoms with Gasteiger partial charge in [-0.25, -0.2) is 0 Å². The maximum absolute atomic E-state index is 12.1. The average Bonchev–Trinajstić information content (AvgIpc) is 3.33. The number of hydrogen-bond acceptors (Lipinski definition) is 6. The summed E-state index contributed by atoms with van der Waals surface area (Å²) < 4.78 is 6.29. The zero-order valence-electron chi connectivity index (χ0n) is 14.1. The molecule has 5 nitrogen and oxygen atoms in total. The largest absolute Gasteiger partial charge is 0.484 e. The van der Waals surface area contributed by atoms with Crippen LogP contribution < -0.4 is 10.1 Å². The van der Waals surface area contributed by atoms with Gasteiger partial charge in [-0.2, -0.15) is 11.3 Å². The summed E-state index contributed by atoms with van der Waals surface area (Å²) in [6.45, 7) is 2.97. The molecule has 1 amide bonds. The Morgan fingerprint density at radius 3 is 3.08 bits per heavy atom. The molecular formula is C19H19N3O2S2. The second-order valence-electron chi connectivity index (χ2n) is 6.13. The standard InChI is InChI=1S/C19H19N3O2S2/c23-19(18-9-20-13-26-18)21-6-7-22-10-14-3-1-2-4-16(14)24-17(11-22)15-5-8-25-12-15/h1-5,8-9,12-13,17H,6-7,10-11H2,(H,21,23). The number of fused-ring (bicyclic) bond motifs is 1. The van der Waals surface area contributed by atoms with Crippen molar-refractivity contribution in [3.8, 4) is 5.75 Å². The molecule has 1 unspecified atom stereocenters. The number of para-hydroxylation sites is 1. The Morgan fingerprint density at radius 2 is 2.27 bits per heavy atom. The predicted octanol–water partition coefficient (Wildman–Crippen LogP) is 3.57. The van der Waals surface area contributed by atoms with E-state index in [2.05, 4.69) is 38.1 Å². The Hall–Kier alpha value is -2.22. The van der Waals surface area contributed by atoms with E-state index in [9.17, 15) is 4.79 Å². The fourth-order valence-corrected chi connectivity index (χ4v) is 4.26. The SMILES string of the molecule is O=C(NCCN1Cc2ccccc2OC(c2ccsc2)C1)c1cncs1. The van der Waals surface area contributed by atoms with Crippen LogP contribution >= 0.6 is 22.7 Å². The van der Waals surface area contributed by atoms with E-state index in [0.717, 1.165) is 25.4 Å². The van der Waals surface area contributed by atoms with E-state index < -0.39 is 0 Å². The molecule has 2 aromatic heterocycles. The van der Waals surface area contributed by atoms with Gasteiger partial charge in [-0.1, -0.05) is 18.2 Å². The summed E-state index contributed by atoms with van der Waals surface area (Å²) >= 11 is 3.04.